The Morgan fingerprint density at radius 2 is 1.57 bits per heavy atom. The van der Waals surface area contributed by atoms with Crippen molar-refractivity contribution >= 4 is 13.1 Å². The minimum Gasteiger partial charge on any atom is -0.300 e. The summed E-state index contributed by atoms with van der Waals surface area (Å²) in [5, 5.41) is 0. The van der Waals surface area contributed by atoms with Crippen molar-refractivity contribution < 1.29 is 18.4 Å². The quantitative estimate of drug-likeness (QED) is 0.728. The highest BCUT2D eigenvalue weighted by atomic mass is 31.2. The number of aryl methyl sites for hydroxylation is 1. The van der Waals surface area contributed by atoms with Gasteiger partial charge in [0.1, 0.15) is 0 Å². The molecule has 2 aliphatic rings. The average molecular weight is 308 g/mol. The number of hydrogen-bond acceptors (Lipinski definition) is 4. The predicted molar refractivity (Wildman–Crippen MR) is 80.6 cm³/mol. The topological polar surface area (TPSA) is 52.6 Å². The first kappa shape index (κ1) is 15.0. The highest BCUT2D eigenvalue weighted by Crippen LogP contribution is 2.57. The van der Waals surface area contributed by atoms with Gasteiger partial charge >= 0.3 is 7.60 Å². The molecule has 0 spiro atoms. The van der Waals surface area contributed by atoms with E-state index >= 15 is 0 Å². The summed E-state index contributed by atoms with van der Waals surface area (Å²) < 4.78 is 24.3. The van der Waals surface area contributed by atoms with Crippen LogP contribution >= 0.6 is 7.60 Å². The van der Waals surface area contributed by atoms with Crippen LogP contribution in [0.3, 0.4) is 0 Å². The molecule has 114 valence electrons. The maximum Gasteiger partial charge on any atom is 0.402 e. The zero-order valence-corrected chi connectivity index (χ0v) is 13.2. The standard InChI is InChI=1S/C16H21O4P/c1-12-6-2-3-11-15(12)16(17)21(18,19-13-7-4-8-13)20-14-9-5-10-14/h2-3,6,11,13-14H,4-5,7-10H2,1H3. The Labute approximate surface area is 125 Å². The van der Waals surface area contributed by atoms with Crippen LogP contribution in [-0.4, -0.2) is 17.7 Å². The Kier molecular flexibility index (Phi) is 4.30. The molecule has 2 aliphatic carbocycles. The van der Waals surface area contributed by atoms with Gasteiger partial charge in [0.25, 0.3) is 5.52 Å². The zero-order chi connectivity index (χ0) is 14.9. The minimum atomic E-state index is -3.74. The summed E-state index contributed by atoms with van der Waals surface area (Å²) >= 11 is 0. The van der Waals surface area contributed by atoms with Crippen molar-refractivity contribution in [1.82, 2.24) is 0 Å². The molecule has 1 aromatic rings. The maximum atomic E-state index is 13.1. The summed E-state index contributed by atoms with van der Waals surface area (Å²) in [6, 6.07) is 7.16. The van der Waals surface area contributed by atoms with Crippen molar-refractivity contribution in [1.29, 1.82) is 0 Å². The monoisotopic (exact) mass is 308 g/mol. The molecule has 0 bridgehead atoms. The van der Waals surface area contributed by atoms with Gasteiger partial charge in [0.05, 0.1) is 12.2 Å². The first-order chi connectivity index (χ1) is 10.1. The van der Waals surface area contributed by atoms with Crippen LogP contribution in [0.4, 0.5) is 0 Å². The molecule has 5 heteroatoms. The molecule has 0 aromatic heterocycles. The van der Waals surface area contributed by atoms with Crippen molar-refractivity contribution in [2.45, 2.75) is 57.7 Å². The van der Waals surface area contributed by atoms with Crippen LogP contribution in [0.25, 0.3) is 0 Å². The summed E-state index contributed by atoms with van der Waals surface area (Å²) in [4.78, 5) is 12.7. The molecular weight excluding hydrogens is 287 g/mol. The average Bonchev–Trinajstić information content (AvgIpc) is 2.38. The molecule has 0 unspecified atom stereocenters. The largest absolute Gasteiger partial charge is 0.402 e. The first-order valence-electron chi connectivity index (χ1n) is 7.66. The van der Waals surface area contributed by atoms with Crippen LogP contribution < -0.4 is 0 Å². The lowest BCUT2D eigenvalue weighted by Crippen LogP contribution is -2.27. The van der Waals surface area contributed by atoms with Gasteiger partial charge in [-0.2, -0.15) is 0 Å². The third-order valence-electron chi connectivity index (χ3n) is 4.30. The number of rotatable bonds is 6. The Balaban J connectivity index is 1.84. The fourth-order valence-corrected chi connectivity index (χ4v) is 4.42. The Hall–Kier alpha value is -0.960. The molecule has 0 amide bonds. The van der Waals surface area contributed by atoms with Crippen molar-refractivity contribution in [3.63, 3.8) is 0 Å². The highest BCUT2D eigenvalue weighted by molar-refractivity contribution is 7.72. The lowest BCUT2D eigenvalue weighted by atomic mass is 9.97. The van der Waals surface area contributed by atoms with E-state index in [1.165, 1.54) is 0 Å². The second-order valence-electron chi connectivity index (χ2n) is 5.93. The number of carbonyl (C=O) groups is 1. The number of benzene rings is 1. The molecule has 0 aliphatic heterocycles. The van der Waals surface area contributed by atoms with Gasteiger partial charge < -0.3 is 0 Å². The van der Waals surface area contributed by atoms with Gasteiger partial charge in [-0.25, -0.2) is 0 Å². The second kappa shape index (κ2) is 6.04. The van der Waals surface area contributed by atoms with Gasteiger partial charge in [0.2, 0.25) is 0 Å². The maximum absolute atomic E-state index is 13.1. The van der Waals surface area contributed by atoms with E-state index < -0.39 is 13.1 Å². The fraction of sp³-hybridized carbons (Fsp3) is 0.562. The van der Waals surface area contributed by atoms with Gasteiger partial charge in [0, 0.05) is 5.56 Å². The summed E-state index contributed by atoms with van der Waals surface area (Å²) in [6.07, 6.45) is 5.38. The minimum absolute atomic E-state index is 0.0936. The van der Waals surface area contributed by atoms with Crippen LogP contribution in [0.15, 0.2) is 24.3 Å². The molecule has 0 heterocycles. The molecule has 0 radical (unpaired) electrons. The number of carbonyl (C=O) groups excluding carboxylic acids is 1. The van der Waals surface area contributed by atoms with Gasteiger partial charge in [0.15, 0.2) is 0 Å². The molecule has 1 aromatic carbocycles. The van der Waals surface area contributed by atoms with Crippen molar-refractivity contribution in [2.75, 3.05) is 0 Å². The summed E-state index contributed by atoms with van der Waals surface area (Å²) in [5.74, 6) is 0. The molecule has 2 saturated carbocycles. The third kappa shape index (κ3) is 3.13. The summed E-state index contributed by atoms with van der Waals surface area (Å²) in [6.45, 7) is 1.84. The van der Waals surface area contributed by atoms with Gasteiger partial charge in [-0.05, 0) is 51.0 Å². The zero-order valence-electron chi connectivity index (χ0n) is 12.3. The van der Waals surface area contributed by atoms with Crippen molar-refractivity contribution in [3.8, 4) is 0 Å². The van der Waals surface area contributed by atoms with Crippen molar-refractivity contribution in [2.24, 2.45) is 0 Å². The van der Waals surface area contributed by atoms with Gasteiger partial charge in [-0.1, -0.05) is 24.3 Å². The predicted octanol–water partition coefficient (Wildman–Crippen LogP) is 4.47. The Bertz CT molecular complexity index is 555. The SMILES string of the molecule is Cc1ccccc1C(=O)P(=O)(OC1CCC1)OC1CCC1. The van der Waals surface area contributed by atoms with Crippen LogP contribution in [0.2, 0.25) is 0 Å². The van der Waals surface area contributed by atoms with E-state index in [9.17, 15) is 9.36 Å². The van der Waals surface area contributed by atoms with E-state index in [-0.39, 0.29) is 12.2 Å². The molecule has 3 rings (SSSR count). The molecule has 0 saturated heterocycles. The van der Waals surface area contributed by atoms with Crippen LogP contribution in [-0.2, 0) is 13.6 Å². The van der Waals surface area contributed by atoms with Gasteiger partial charge in [-0.3, -0.25) is 18.4 Å². The van der Waals surface area contributed by atoms with Crippen LogP contribution in [0.5, 0.6) is 0 Å². The number of hydrogen-bond donors (Lipinski definition) is 0. The molecular formula is C16H21O4P. The van der Waals surface area contributed by atoms with E-state index in [0.717, 1.165) is 44.1 Å². The lowest BCUT2D eigenvalue weighted by Gasteiger charge is -2.33. The van der Waals surface area contributed by atoms with E-state index in [1.807, 2.05) is 19.1 Å². The van der Waals surface area contributed by atoms with E-state index in [0.29, 0.717) is 5.56 Å². The van der Waals surface area contributed by atoms with Crippen molar-refractivity contribution in [3.05, 3.63) is 35.4 Å². The lowest BCUT2D eigenvalue weighted by molar-refractivity contribution is 0.0453. The first-order valence-corrected chi connectivity index (χ1v) is 9.20. The van der Waals surface area contributed by atoms with Crippen LogP contribution in [0, 0.1) is 6.92 Å². The van der Waals surface area contributed by atoms with E-state index in [4.69, 9.17) is 9.05 Å². The fourth-order valence-electron chi connectivity index (χ4n) is 2.43. The Morgan fingerprint density at radius 3 is 2.00 bits per heavy atom. The highest BCUT2D eigenvalue weighted by Gasteiger charge is 2.43. The molecule has 0 atom stereocenters. The van der Waals surface area contributed by atoms with Gasteiger partial charge in [-0.15, -0.1) is 0 Å². The van der Waals surface area contributed by atoms with E-state index in [1.54, 1.807) is 12.1 Å². The normalized spacial score (nSPS) is 19.9. The summed E-state index contributed by atoms with van der Waals surface area (Å²) in [7, 11) is -3.74. The smallest absolute Gasteiger partial charge is 0.300 e. The molecule has 0 N–H and O–H groups in total. The Morgan fingerprint density at radius 1 is 1.05 bits per heavy atom. The molecule has 4 nitrogen and oxygen atoms in total. The molecule has 21 heavy (non-hydrogen) atoms. The van der Waals surface area contributed by atoms with Crippen LogP contribution in [0.1, 0.15) is 54.4 Å². The van der Waals surface area contributed by atoms with E-state index in [2.05, 4.69) is 0 Å². The third-order valence-corrected chi connectivity index (χ3v) is 6.19. The molecule has 2 fully saturated rings. The second-order valence-corrected chi connectivity index (χ2v) is 7.76. The summed E-state index contributed by atoms with van der Waals surface area (Å²) in [5.41, 5.74) is 0.760.